The Hall–Kier alpha value is -3.91. The van der Waals surface area contributed by atoms with Crippen molar-refractivity contribution >= 4 is 34.7 Å². The van der Waals surface area contributed by atoms with Crippen LogP contribution in [0.5, 0.6) is 0 Å². The fourth-order valence-electron chi connectivity index (χ4n) is 2.69. The maximum atomic E-state index is 8.82. The van der Waals surface area contributed by atoms with Crippen LogP contribution in [0.3, 0.4) is 0 Å². The molecule has 0 aliphatic carbocycles. The molecule has 124 valence electrons. The van der Waals surface area contributed by atoms with Crippen LogP contribution in [0.2, 0.25) is 0 Å². The average Bonchev–Trinajstić information content (AvgIpc) is 3.17. The summed E-state index contributed by atoms with van der Waals surface area (Å²) in [5.41, 5.74) is 4.64. The van der Waals surface area contributed by atoms with E-state index >= 15 is 0 Å². The van der Waals surface area contributed by atoms with E-state index in [1.807, 2.05) is 30.5 Å². The van der Waals surface area contributed by atoms with E-state index in [9.17, 15) is 0 Å². The van der Waals surface area contributed by atoms with Crippen LogP contribution in [-0.4, -0.2) is 15.0 Å². The Kier molecular flexibility index (Phi) is 4.15. The SMILES string of the molecule is N#Cc1ccc(Nc2ncc(/C=C/c3cccc4[nH]ccc34)cn2)cc1. The fourth-order valence-corrected chi connectivity index (χ4v) is 2.69. The first-order chi connectivity index (χ1) is 12.8. The molecule has 5 heteroatoms. The molecule has 4 aromatic rings. The number of anilines is 2. The van der Waals surface area contributed by atoms with Gasteiger partial charge in [0.15, 0.2) is 0 Å². The predicted molar refractivity (Wildman–Crippen MR) is 104 cm³/mol. The minimum Gasteiger partial charge on any atom is -0.361 e. The van der Waals surface area contributed by atoms with Crippen LogP contribution in [-0.2, 0) is 0 Å². The third-order valence-corrected chi connectivity index (χ3v) is 4.03. The number of fused-ring (bicyclic) bond motifs is 1. The molecule has 0 fully saturated rings. The van der Waals surface area contributed by atoms with Crippen LogP contribution in [0.1, 0.15) is 16.7 Å². The van der Waals surface area contributed by atoms with Crippen LogP contribution in [0.15, 0.2) is 67.1 Å². The van der Waals surface area contributed by atoms with E-state index in [2.05, 4.69) is 50.6 Å². The number of H-pyrrole nitrogens is 1. The second-order valence-corrected chi connectivity index (χ2v) is 5.77. The predicted octanol–water partition coefficient (Wildman–Crippen LogP) is 4.74. The summed E-state index contributed by atoms with van der Waals surface area (Å²) >= 11 is 0. The number of rotatable bonds is 4. The molecule has 0 aliphatic rings. The molecule has 0 saturated carbocycles. The second-order valence-electron chi connectivity index (χ2n) is 5.77. The Labute approximate surface area is 150 Å². The van der Waals surface area contributed by atoms with E-state index in [1.54, 1.807) is 24.5 Å². The Balaban J connectivity index is 1.49. The van der Waals surface area contributed by atoms with Crippen LogP contribution in [0.25, 0.3) is 23.1 Å². The highest BCUT2D eigenvalue weighted by atomic mass is 15.1. The highest BCUT2D eigenvalue weighted by molar-refractivity contribution is 5.91. The molecule has 2 aromatic heterocycles. The van der Waals surface area contributed by atoms with Gasteiger partial charge in [0.2, 0.25) is 5.95 Å². The number of aromatic nitrogens is 3. The van der Waals surface area contributed by atoms with Crippen molar-refractivity contribution in [2.75, 3.05) is 5.32 Å². The summed E-state index contributed by atoms with van der Waals surface area (Å²) in [4.78, 5) is 11.9. The molecule has 5 nitrogen and oxygen atoms in total. The minimum atomic E-state index is 0.514. The molecule has 26 heavy (non-hydrogen) atoms. The summed E-state index contributed by atoms with van der Waals surface area (Å²) in [6, 6.07) is 17.5. The molecule has 2 N–H and O–H groups in total. The highest BCUT2D eigenvalue weighted by Crippen LogP contribution is 2.20. The molecule has 0 amide bonds. The summed E-state index contributed by atoms with van der Waals surface area (Å²) in [6.45, 7) is 0. The summed E-state index contributed by atoms with van der Waals surface area (Å²) in [5, 5.41) is 13.1. The molecule has 0 bridgehead atoms. The van der Waals surface area contributed by atoms with Gasteiger partial charge in [-0.1, -0.05) is 24.3 Å². The molecule has 2 heterocycles. The zero-order valence-corrected chi connectivity index (χ0v) is 13.8. The normalized spacial score (nSPS) is 10.9. The lowest BCUT2D eigenvalue weighted by molar-refractivity contribution is 1.16. The third kappa shape index (κ3) is 3.30. The Morgan fingerprint density at radius 3 is 2.54 bits per heavy atom. The van der Waals surface area contributed by atoms with Crippen molar-refractivity contribution in [3.63, 3.8) is 0 Å². The molecule has 0 spiro atoms. The van der Waals surface area contributed by atoms with Gasteiger partial charge in [-0.2, -0.15) is 5.26 Å². The van der Waals surface area contributed by atoms with Crippen LogP contribution < -0.4 is 5.32 Å². The lowest BCUT2D eigenvalue weighted by Gasteiger charge is -2.04. The Morgan fingerprint density at radius 1 is 0.962 bits per heavy atom. The standard InChI is InChI=1S/C21H15N5/c22-12-15-5-8-18(9-6-15)26-21-24-13-16(14-25-21)4-7-17-2-1-3-20-19(17)10-11-23-20/h1-11,13-14,23H,(H,24,25,26)/b7-4+. The van der Waals surface area contributed by atoms with Gasteiger partial charge in [0.25, 0.3) is 0 Å². The first-order valence-electron chi connectivity index (χ1n) is 8.15. The van der Waals surface area contributed by atoms with Crippen LogP contribution >= 0.6 is 0 Å². The van der Waals surface area contributed by atoms with Gasteiger partial charge in [0.05, 0.1) is 11.6 Å². The van der Waals surface area contributed by atoms with Gasteiger partial charge < -0.3 is 10.3 Å². The van der Waals surface area contributed by atoms with E-state index in [1.165, 1.54) is 5.39 Å². The van der Waals surface area contributed by atoms with Gasteiger partial charge in [-0.05, 0) is 42.0 Å². The molecular formula is C21H15N5. The highest BCUT2D eigenvalue weighted by Gasteiger charge is 2.00. The number of benzene rings is 2. The monoisotopic (exact) mass is 337 g/mol. The van der Waals surface area contributed by atoms with E-state index in [0.717, 1.165) is 22.3 Å². The molecule has 4 rings (SSSR count). The average molecular weight is 337 g/mol. The first-order valence-corrected chi connectivity index (χ1v) is 8.15. The van der Waals surface area contributed by atoms with Gasteiger partial charge >= 0.3 is 0 Å². The topological polar surface area (TPSA) is 77.4 Å². The summed E-state index contributed by atoms with van der Waals surface area (Å²) in [6.07, 6.45) is 9.53. The molecular weight excluding hydrogens is 322 g/mol. The van der Waals surface area contributed by atoms with Crippen LogP contribution in [0, 0.1) is 11.3 Å². The maximum Gasteiger partial charge on any atom is 0.227 e. The number of hydrogen-bond donors (Lipinski definition) is 2. The van der Waals surface area contributed by atoms with Crippen LogP contribution in [0.4, 0.5) is 11.6 Å². The third-order valence-electron chi connectivity index (χ3n) is 4.03. The van der Waals surface area contributed by atoms with Gasteiger partial charge in [-0.25, -0.2) is 9.97 Å². The maximum absolute atomic E-state index is 8.82. The number of hydrogen-bond acceptors (Lipinski definition) is 4. The summed E-state index contributed by atoms with van der Waals surface area (Å²) < 4.78 is 0. The molecule has 2 aromatic carbocycles. The van der Waals surface area contributed by atoms with Crippen molar-refractivity contribution < 1.29 is 0 Å². The second kappa shape index (κ2) is 6.91. The van der Waals surface area contributed by atoms with E-state index in [-0.39, 0.29) is 0 Å². The lowest BCUT2D eigenvalue weighted by Crippen LogP contribution is -1.96. The molecule has 0 saturated heterocycles. The zero-order chi connectivity index (χ0) is 17.8. The van der Waals surface area contributed by atoms with Gasteiger partial charge in [-0.3, -0.25) is 0 Å². The van der Waals surface area contributed by atoms with E-state index in [0.29, 0.717) is 11.5 Å². The van der Waals surface area contributed by atoms with Gasteiger partial charge in [-0.15, -0.1) is 0 Å². The smallest absolute Gasteiger partial charge is 0.227 e. The lowest BCUT2D eigenvalue weighted by atomic mass is 10.1. The van der Waals surface area contributed by atoms with Crippen molar-refractivity contribution in [3.05, 3.63) is 83.8 Å². The zero-order valence-electron chi connectivity index (χ0n) is 13.8. The van der Waals surface area contributed by atoms with E-state index in [4.69, 9.17) is 5.26 Å². The largest absolute Gasteiger partial charge is 0.361 e. The van der Waals surface area contributed by atoms with Gasteiger partial charge in [0.1, 0.15) is 0 Å². The van der Waals surface area contributed by atoms with Gasteiger partial charge in [0, 0.05) is 40.7 Å². The Morgan fingerprint density at radius 2 is 1.77 bits per heavy atom. The first kappa shape index (κ1) is 15.6. The molecule has 0 atom stereocenters. The fraction of sp³-hybridized carbons (Fsp3) is 0. The number of nitrogens with one attached hydrogen (secondary N) is 2. The summed E-state index contributed by atoms with van der Waals surface area (Å²) in [5.74, 6) is 0.514. The molecule has 0 radical (unpaired) electrons. The number of aromatic amines is 1. The molecule has 0 aliphatic heterocycles. The van der Waals surface area contributed by atoms with Crippen molar-refractivity contribution in [2.45, 2.75) is 0 Å². The van der Waals surface area contributed by atoms with E-state index < -0.39 is 0 Å². The number of nitrogens with zero attached hydrogens (tertiary/aromatic N) is 3. The quantitative estimate of drug-likeness (QED) is 0.563. The minimum absolute atomic E-state index is 0.514. The van der Waals surface area contributed by atoms with Crippen molar-refractivity contribution in [1.29, 1.82) is 5.26 Å². The summed E-state index contributed by atoms with van der Waals surface area (Å²) in [7, 11) is 0. The van der Waals surface area contributed by atoms with Crippen molar-refractivity contribution in [3.8, 4) is 6.07 Å². The molecule has 0 unspecified atom stereocenters. The number of nitriles is 1. The Bertz CT molecular complexity index is 1100. The van der Waals surface area contributed by atoms with Crippen molar-refractivity contribution in [2.24, 2.45) is 0 Å². The van der Waals surface area contributed by atoms with Crippen molar-refractivity contribution in [1.82, 2.24) is 15.0 Å².